The van der Waals surface area contributed by atoms with Crippen LogP contribution in [0.5, 0.6) is 0 Å². The van der Waals surface area contributed by atoms with Gasteiger partial charge in [0.15, 0.2) is 18.7 Å². The molecule has 4 heterocycles. The minimum atomic E-state index is -1.49. The van der Waals surface area contributed by atoms with E-state index in [4.69, 9.17) is 42.6 Å². The van der Waals surface area contributed by atoms with Crippen molar-refractivity contribution in [3.8, 4) is 0 Å². The van der Waals surface area contributed by atoms with E-state index in [1.165, 1.54) is 7.11 Å². The Labute approximate surface area is 341 Å². The van der Waals surface area contributed by atoms with Crippen LogP contribution < -0.4 is 0 Å². The van der Waals surface area contributed by atoms with Crippen LogP contribution in [0, 0.1) is 11.8 Å². The van der Waals surface area contributed by atoms with Crippen molar-refractivity contribution in [2.45, 2.75) is 191 Å². The summed E-state index contributed by atoms with van der Waals surface area (Å²) in [4.78, 5) is 52.5. The van der Waals surface area contributed by atoms with Crippen molar-refractivity contribution in [2.24, 2.45) is 11.8 Å². The van der Waals surface area contributed by atoms with Crippen molar-refractivity contribution in [1.82, 2.24) is 4.90 Å². The number of epoxide rings is 1. The Morgan fingerprint density at radius 2 is 1.60 bits per heavy atom. The molecule has 4 aliphatic rings. The smallest absolute Gasteiger partial charge is 0.309 e. The van der Waals surface area contributed by atoms with E-state index < -0.39 is 121 Å². The quantitative estimate of drug-likeness (QED) is 0.0842. The van der Waals surface area contributed by atoms with Gasteiger partial charge < -0.3 is 67.6 Å². The first-order chi connectivity index (χ1) is 27.3. The Balaban J connectivity index is 1.67. The van der Waals surface area contributed by atoms with Gasteiger partial charge in [-0.05, 0) is 60.0 Å². The first kappa shape index (κ1) is 48.1. The molecule has 0 aromatic carbocycles. The maximum absolute atomic E-state index is 13.4. The van der Waals surface area contributed by atoms with E-state index in [-0.39, 0.29) is 44.3 Å². The van der Waals surface area contributed by atoms with Gasteiger partial charge in [-0.25, -0.2) is 0 Å². The lowest BCUT2D eigenvalue weighted by Gasteiger charge is -2.50. The Hall–Kier alpha value is -2.58. The van der Waals surface area contributed by atoms with E-state index in [0.29, 0.717) is 12.7 Å². The number of hydrogen-bond acceptors (Lipinski definition) is 17. The number of likely N-dealkylation sites (N-methyl/N-ethyl adjacent to an activating group) is 1. The Morgan fingerprint density at radius 3 is 2.21 bits per heavy atom. The molecule has 3 fully saturated rings. The molecule has 4 rings (SSSR count). The van der Waals surface area contributed by atoms with Crippen LogP contribution in [0.25, 0.3) is 0 Å². The van der Waals surface area contributed by atoms with Crippen molar-refractivity contribution >= 4 is 24.2 Å². The number of methoxy groups -OCH3 is 1. The van der Waals surface area contributed by atoms with Crippen LogP contribution in [0.1, 0.15) is 93.4 Å². The number of cyclic esters (lactones) is 1. The van der Waals surface area contributed by atoms with Gasteiger partial charge in [-0.3, -0.25) is 14.4 Å². The topological polar surface area (TPSA) is 219 Å². The summed E-state index contributed by atoms with van der Waals surface area (Å²) in [6, 6.07) is -0.783. The van der Waals surface area contributed by atoms with Crippen LogP contribution in [0.2, 0.25) is 0 Å². The summed E-state index contributed by atoms with van der Waals surface area (Å²) in [5.41, 5.74) is -1.49. The molecule has 3 N–H and O–H groups in total. The first-order valence-electron chi connectivity index (χ1n) is 20.6. The summed E-state index contributed by atoms with van der Waals surface area (Å²) in [6.07, 6.45) is -8.08. The van der Waals surface area contributed by atoms with E-state index in [0.717, 1.165) is 0 Å². The molecule has 0 aliphatic carbocycles. The van der Waals surface area contributed by atoms with Crippen LogP contribution >= 0.6 is 0 Å². The number of ether oxygens (including phenoxy) is 9. The largest absolute Gasteiger partial charge is 0.462 e. The Morgan fingerprint density at radius 1 is 0.931 bits per heavy atom. The number of hydrogen-bond donors (Lipinski definition) is 3. The molecule has 332 valence electrons. The van der Waals surface area contributed by atoms with Gasteiger partial charge in [0.2, 0.25) is 0 Å². The lowest BCUT2D eigenvalue weighted by Crippen LogP contribution is -2.66. The predicted molar refractivity (Wildman–Crippen MR) is 205 cm³/mol. The van der Waals surface area contributed by atoms with Gasteiger partial charge in [0, 0.05) is 39.2 Å². The van der Waals surface area contributed by atoms with Crippen LogP contribution in [0.3, 0.4) is 0 Å². The van der Waals surface area contributed by atoms with Crippen molar-refractivity contribution in [3.63, 3.8) is 0 Å². The summed E-state index contributed by atoms with van der Waals surface area (Å²) in [5.74, 6) is -2.86. The number of aliphatic hydroxyl groups excluding tert-OH is 2. The van der Waals surface area contributed by atoms with Crippen molar-refractivity contribution in [2.75, 3.05) is 21.2 Å². The average molecular weight is 830 g/mol. The number of aldehydes is 1. The summed E-state index contributed by atoms with van der Waals surface area (Å²) >= 11 is 0. The van der Waals surface area contributed by atoms with Crippen LogP contribution in [-0.4, -0.2) is 163 Å². The molecular formula is C41H67NO16. The molecular weight excluding hydrogens is 762 g/mol. The van der Waals surface area contributed by atoms with Crippen molar-refractivity contribution < 1.29 is 77.1 Å². The molecule has 0 saturated carbocycles. The van der Waals surface area contributed by atoms with Crippen LogP contribution in [-0.2, 0) is 61.8 Å². The van der Waals surface area contributed by atoms with E-state index in [9.17, 15) is 34.5 Å². The highest BCUT2D eigenvalue weighted by molar-refractivity contribution is 5.72. The second-order valence-electron chi connectivity index (χ2n) is 16.7. The molecule has 0 aromatic rings. The molecule has 0 amide bonds. The Kier molecular flexibility index (Phi) is 17.6. The molecule has 17 heteroatoms. The van der Waals surface area contributed by atoms with E-state index >= 15 is 0 Å². The fourth-order valence-corrected chi connectivity index (χ4v) is 8.36. The zero-order valence-corrected chi connectivity index (χ0v) is 35.6. The molecule has 0 aromatic heterocycles. The van der Waals surface area contributed by atoms with Crippen LogP contribution in [0.15, 0.2) is 12.2 Å². The van der Waals surface area contributed by atoms with Gasteiger partial charge >= 0.3 is 17.9 Å². The molecule has 0 radical (unpaired) electrons. The highest BCUT2D eigenvalue weighted by Gasteiger charge is 2.53. The molecule has 0 spiro atoms. The minimum Gasteiger partial charge on any atom is -0.462 e. The van der Waals surface area contributed by atoms with Gasteiger partial charge in [0.1, 0.15) is 48.5 Å². The van der Waals surface area contributed by atoms with Gasteiger partial charge in [-0.15, -0.1) is 0 Å². The van der Waals surface area contributed by atoms with E-state index in [1.54, 1.807) is 72.7 Å². The van der Waals surface area contributed by atoms with Crippen molar-refractivity contribution in [3.05, 3.63) is 12.2 Å². The van der Waals surface area contributed by atoms with E-state index in [2.05, 4.69) is 0 Å². The summed E-state index contributed by atoms with van der Waals surface area (Å²) < 4.78 is 54.4. The molecule has 0 bridgehead atoms. The standard InChI is InChI=1S/C41H67NO16/c1-11-30(45)55-29-19-32(47)51-22(4)18-28-27(54-28)14-13-26(44)21(3)17-25(15-16-43)37(38(29)50-10)58-40-35(48)34(42(8)9)36(23(5)53-40)57-33-20-41(7,49)39(24(6)52-33)56-31(46)12-2/h13-14,16,21-29,33-40,44,48-49H,11-12,15,17-20H2,1-10H3/b14-13+/t21-,22-,23-,24+,25+,26+,27+,28-,29-,33+,34-,35-,36-,37+,38+,39+,40+,41-/m1/s1. The monoisotopic (exact) mass is 829 g/mol. The van der Waals surface area contributed by atoms with Gasteiger partial charge in [-0.1, -0.05) is 32.9 Å². The van der Waals surface area contributed by atoms with Crippen LogP contribution in [0.4, 0.5) is 0 Å². The zero-order valence-electron chi connectivity index (χ0n) is 35.6. The number of nitrogens with zero attached hydrogens (tertiary/aromatic N) is 1. The third-order valence-electron chi connectivity index (χ3n) is 11.5. The number of carbonyl (C=O) groups excluding carboxylic acids is 4. The number of aliphatic hydroxyl groups is 3. The molecule has 4 aliphatic heterocycles. The van der Waals surface area contributed by atoms with Gasteiger partial charge in [0.05, 0.1) is 43.0 Å². The number of esters is 3. The second kappa shape index (κ2) is 21.3. The van der Waals surface area contributed by atoms with Gasteiger partial charge in [0.25, 0.3) is 0 Å². The molecule has 18 atom stereocenters. The first-order valence-corrected chi connectivity index (χ1v) is 20.6. The average Bonchev–Trinajstić information content (AvgIpc) is 3.89. The van der Waals surface area contributed by atoms with E-state index in [1.807, 2.05) is 6.92 Å². The number of fused-ring (bicyclic) bond motifs is 1. The third kappa shape index (κ3) is 12.5. The summed E-state index contributed by atoms with van der Waals surface area (Å²) in [5, 5.41) is 34.6. The van der Waals surface area contributed by atoms with Crippen molar-refractivity contribution in [1.29, 1.82) is 0 Å². The number of carbonyl (C=O) groups is 4. The minimum absolute atomic E-state index is 0.00499. The fourth-order valence-electron chi connectivity index (χ4n) is 8.36. The summed E-state index contributed by atoms with van der Waals surface area (Å²) in [7, 11) is 4.86. The second-order valence-corrected chi connectivity index (χ2v) is 16.7. The maximum atomic E-state index is 13.4. The Bertz CT molecular complexity index is 1390. The lowest BCUT2D eigenvalue weighted by molar-refractivity contribution is -0.344. The number of rotatable bonds is 12. The fraction of sp³-hybridized carbons (Fsp3) is 0.854. The molecule has 3 saturated heterocycles. The SMILES string of the molecule is CCC(=O)O[C@@H]1CC(=O)O[C@H](C)C[C@H]2O[C@H]2/C=C/[C@H](O)[C@H](C)C[C@H](CC=O)[C@H](O[C@@H]2O[C@H](C)[C@@H](O[C@H]3C[C@@](C)(O)[C@@H](OC(=O)CC)[C@H](C)O3)[C@H](N(C)C)[C@H]2O)[C@H]1OC. The highest BCUT2D eigenvalue weighted by Crippen LogP contribution is 2.38. The molecule has 58 heavy (non-hydrogen) atoms. The normalized spacial score (nSPS) is 43.4. The summed E-state index contributed by atoms with van der Waals surface area (Å²) in [6.45, 7) is 11.8. The zero-order chi connectivity index (χ0) is 43.1. The predicted octanol–water partition coefficient (Wildman–Crippen LogP) is 1.98. The highest BCUT2D eigenvalue weighted by atomic mass is 16.7. The molecule has 0 unspecified atom stereocenters. The maximum Gasteiger partial charge on any atom is 0.309 e. The lowest BCUT2D eigenvalue weighted by atomic mass is 9.82. The van der Waals surface area contributed by atoms with Gasteiger partial charge in [-0.2, -0.15) is 0 Å². The molecule has 17 nitrogen and oxygen atoms in total. The third-order valence-corrected chi connectivity index (χ3v) is 11.5.